The molecule has 1 aromatic heterocycles. The van der Waals surface area contributed by atoms with Gasteiger partial charge in [0.25, 0.3) is 0 Å². The smallest absolute Gasteiger partial charge is 0.140 e. The molecule has 0 spiro atoms. The maximum Gasteiger partial charge on any atom is 0.140 e. The second-order valence-electron chi connectivity index (χ2n) is 4.63. The third-order valence-corrected chi connectivity index (χ3v) is 3.33. The molecule has 2 aromatic carbocycles. The molecule has 3 nitrogen and oxygen atoms in total. The van der Waals surface area contributed by atoms with Crippen molar-refractivity contribution in [3.63, 3.8) is 0 Å². The molecule has 0 fully saturated rings. The Kier molecular flexibility index (Phi) is 3.61. The van der Waals surface area contributed by atoms with Gasteiger partial charge in [0.2, 0.25) is 0 Å². The Morgan fingerprint density at radius 1 is 0.900 bits per heavy atom. The molecule has 0 aliphatic heterocycles. The summed E-state index contributed by atoms with van der Waals surface area (Å²) in [5.41, 5.74) is 6.89. The molecule has 0 unspecified atom stereocenters. The first-order valence-electron chi connectivity index (χ1n) is 6.76. The Labute approximate surface area is 118 Å². The van der Waals surface area contributed by atoms with Gasteiger partial charge in [-0.1, -0.05) is 42.5 Å². The number of para-hydroxylation sites is 1. The quantitative estimate of drug-likeness (QED) is 0.785. The molecule has 0 aliphatic carbocycles. The summed E-state index contributed by atoms with van der Waals surface area (Å²) in [4.78, 5) is 6.74. The molecular formula is C17H17N3. The highest BCUT2D eigenvalue weighted by Crippen LogP contribution is 2.29. The number of anilines is 2. The third-order valence-electron chi connectivity index (χ3n) is 3.33. The van der Waals surface area contributed by atoms with Gasteiger partial charge in [-0.25, -0.2) is 4.98 Å². The molecule has 0 aliphatic rings. The fraction of sp³-hybridized carbons (Fsp3) is 0.118. The summed E-state index contributed by atoms with van der Waals surface area (Å²) in [6.07, 6.45) is 1.85. The molecule has 100 valence electrons. The van der Waals surface area contributed by atoms with E-state index >= 15 is 0 Å². The maximum absolute atomic E-state index is 5.78. The van der Waals surface area contributed by atoms with Crippen LogP contribution in [0.1, 0.15) is 0 Å². The molecule has 0 bridgehead atoms. The molecule has 0 radical (unpaired) electrons. The number of nitrogens with two attached hydrogens (primary N) is 1. The van der Waals surface area contributed by atoms with E-state index in [0.29, 0.717) is 6.54 Å². The molecule has 0 atom stereocenters. The van der Waals surface area contributed by atoms with Crippen molar-refractivity contribution < 1.29 is 0 Å². The van der Waals surface area contributed by atoms with E-state index in [-0.39, 0.29) is 0 Å². The van der Waals surface area contributed by atoms with Crippen LogP contribution >= 0.6 is 0 Å². The lowest BCUT2D eigenvalue weighted by atomic mass is 10.1. The summed E-state index contributed by atoms with van der Waals surface area (Å²) in [5, 5.41) is 2.34. The minimum Gasteiger partial charge on any atom is -0.329 e. The lowest BCUT2D eigenvalue weighted by molar-refractivity contribution is 0.910. The average molecular weight is 263 g/mol. The van der Waals surface area contributed by atoms with Gasteiger partial charge in [-0.2, -0.15) is 0 Å². The summed E-state index contributed by atoms with van der Waals surface area (Å²) in [7, 11) is 0. The molecular weight excluding hydrogens is 246 g/mol. The lowest BCUT2D eigenvalue weighted by Gasteiger charge is -2.24. The van der Waals surface area contributed by atoms with Gasteiger partial charge in [0.15, 0.2) is 0 Å². The van der Waals surface area contributed by atoms with Crippen molar-refractivity contribution in [3.05, 3.63) is 66.9 Å². The molecule has 3 heteroatoms. The highest BCUT2D eigenvalue weighted by Gasteiger charge is 2.12. The third kappa shape index (κ3) is 2.36. The van der Waals surface area contributed by atoms with E-state index in [0.717, 1.165) is 23.4 Å². The van der Waals surface area contributed by atoms with Crippen LogP contribution in [0, 0.1) is 0 Å². The fourth-order valence-electron chi connectivity index (χ4n) is 2.41. The van der Waals surface area contributed by atoms with Crippen LogP contribution in [-0.4, -0.2) is 18.1 Å². The minimum atomic E-state index is 0.583. The van der Waals surface area contributed by atoms with E-state index in [9.17, 15) is 0 Å². The van der Waals surface area contributed by atoms with Crippen LogP contribution in [0.25, 0.3) is 10.8 Å². The van der Waals surface area contributed by atoms with Crippen LogP contribution in [0.2, 0.25) is 0 Å². The number of aromatic nitrogens is 1. The zero-order valence-electron chi connectivity index (χ0n) is 11.2. The first kappa shape index (κ1) is 12.6. The topological polar surface area (TPSA) is 42.1 Å². The highest BCUT2D eigenvalue weighted by molar-refractivity contribution is 5.93. The van der Waals surface area contributed by atoms with Crippen molar-refractivity contribution in [2.75, 3.05) is 18.0 Å². The van der Waals surface area contributed by atoms with Crippen molar-refractivity contribution in [1.29, 1.82) is 0 Å². The Morgan fingerprint density at radius 3 is 2.45 bits per heavy atom. The number of nitrogens with zero attached hydrogens (tertiary/aromatic N) is 2. The van der Waals surface area contributed by atoms with Crippen LogP contribution in [0.15, 0.2) is 66.9 Å². The van der Waals surface area contributed by atoms with E-state index < -0.39 is 0 Å². The SMILES string of the molecule is NCCN(c1ccccc1)c1nccc2ccccc12. The van der Waals surface area contributed by atoms with Gasteiger partial charge in [0.1, 0.15) is 5.82 Å². The summed E-state index contributed by atoms with van der Waals surface area (Å²) in [6, 6.07) is 20.6. The van der Waals surface area contributed by atoms with Gasteiger partial charge in [-0.05, 0) is 23.6 Å². The predicted octanol–water partition coefficient (Wildman–Crippen LogP) is 3.33. The molecule has 0 saturated carbocycles. The predicted molar refractivity (Wildman–Crippen MR) is 84.2 cm³/mol. The molecule has 3 aromatic rings. The second-order valence-corrected chi connectivity index (χ2v) is 4.63. The monoisotopic (exact) mass is 263 g/mol. The molecule has 20 heavy (non-hydrogen) atoms. The number of rotatable bonds is 4. The van der Waals surface area contributed by atoms with Gasteiger partial charge < -0.3 is 10.6 Å². The molecule has 1 heterocycles. The number of hydrogen-bond acceptors (Lipinski definition) is 3. The number of hydrogen-bond donors (Lipinski definition) is 1. The van der Waals surface area contributed by atoms with Crippen LogP contribution < -0.4 is 10.6 Å². The summed E-state index contributed by atoms with van der Waals surface area (Å²) >= 11 is 0. The van der Waals surface area contributed by atoms with Crippen molar-refractivity contribution >= 4 is 22.3 Å². The zero-order valence-corrected chi connectivity index (χ0v) is 11.2. The van der Waals surface area contributed by atoms with Crippen LogP contribution in [0.5, 0.6) is 0 Å². The van der Waals surface area contributed by atoms with E-state index in [1.54, 1.807) is 0 Å². The van der Waals surface area contributed by atoms with Gasteiger partial charge in [0.05, 0.1) is 0 Å². The van der Waals surface area contributed by atoms with Gasteiger partial charge in [0, 0.05) is 30.4 Å². The summed E-state index contributed by atoms with van der Waals surface area (Å²) < 4.78 is 0. The van der Waals surface area contributed by atoms with Crippen LogP contribution in [0.3, 0.4) is 0 Å². The minimum absolute atomic E-state index is 0.583. The summed E-state index contributed by atoms with van der Waals surface area (Å²) in [5.74, 6) is 0.958. The van der Waals surface area contributed by atoms with E-state index in [1.165, 1.54) is 5.39 Å². The van der Waals surface area contributed by atoms with Crippen LogP contribution in [0.4, 0.5) is 11.5 Å². The fourth-order valence-corrected chi connectivity index (χ4v) is 2.41. The number of fused-ring (bicyclic) bond motifs is 1. The Morgan fingerprint density at radius 2 is 1.65 bits per heavy atom. The molecule has 2 N–H and O–H groups in total. The van der Waals surface area contributed by atoms with E-state index in [4.69, 9.17) is 5.73 Å². The van der Waals surface area contributed by atoms with E-state index in [1.807, 2.05) is 42.6 Å². The van der Waals surface area contributed by atoms with Crippen molar-refractivity contribution in [2.45, 2.75) is 0 Å². The average Bonchev–Trinajstić information content (AvgIpc) is 2.53. The highest BCUT2D eigenvalue weighted by atomic mass is 15.2. The lowest BCUT2D eigenvalue weighted by Crippen LogP contribution is -2.25. The number of pyridine rings is 1. The Hall–Kier alpha value is -2.39. The normalized spacial score (nSPS) is 10.7. The Bertz CT molecular complexity index is 689. The standard InChI is InChI=1S/C17H17N3/c18-11-13-20(15-7-2-1-3-8-15)17-16-9-5-4-6-14(16)10-12-19-17/h1-10,12H,11,13,18H2. The molecule has 0 saturated heterocycles. The van der Waals surface area contributed by atoms with Crippen molar-refractivity contribution in [2.24, 2.45) is 5.73 Å². The van der Waals surface area contributed by atoms with Gasteiger partial charge >= 0.3 is 0 Å². The summed E-state index contributed by atoms with van der Waals surface area (Å²) in [6.45, 7) is 1.32. The van der Waals surface area contributed by atoms with Crippen molar-refractivity contribution in [1.82, 2.24) is 4.98 Å². The van der Waals surface area contributed by atoms with E-state index in [2.05, 4.69) is 34.1 Å². The second kappa shape index (κ2) is 5.72. The number of benzene rings is 2. The van der Waals surface area contributed by atoms with Gasteiger partial charge in [-0.3, -0.25) is 0 Å². The largest absolute Gasteiger partial charge is 0.329 e. The molecule has 0 amide bonds. The van der Waals surface area contributed by atoms with Crippen molar-refractivity contribution in [3.8, 4) is 0 Å². The van der Waals surface area contributed by atoms with Crippen LogP contribution in [-0.2, 0) is 0 Å². The zero-order chi connectivity index (χ0) is 13.8. The molecule has 3 rings (SSSR count). The first-order chi connectivity index (χ1) is 9.90. The van der Waals surface area contributed by atoms with Gasteiger partial charge in [-0.15, -0.1) is 0 Å². The maximum atomic E-state index is 5.78. The first-order valence-corrected chi connectivity index (χ1v) is 6.76. The Balaban J connectivity index is 2.15.